The SMILES string of the molecule is CCOc1cccc(Oc2ccc(C=O)cc2)c1. The molecular formula is C15H14O3. The monoisotopic (exact) mass is 242 g/mol. The average Bonchev–Trinajstić information content (AvgIpc) is 2.40. The first-order chi connectivity index (χ1) is 8.81. The van der Waals surface area contributed by atoms with Gasteiger partial charge < -0.3 is 9.47 Å². The number of aldehydes is 1. The van der Waals surface area contributed by atoms with Crippen LogP contribution in [-0.4, -0.2) is 12.9 Å². The summed E-state index contributed by atoms with van der Waals surface area (Å²) in [4.78, 5) is 10.5. The number of hydrogen-bond donors (Lipinski definition) is 0. The van der Waals surface area contributed by atoms with Gasteiger partial charge in [0.05, 0.1) is 6.61 Å². The molecule has 0 saturated heterocycles. The van der Waals surface area contributed by atoms with Gasteiger partial charge in [-0.3, -0.25) is 4.79 Å². The lowest BCUT2D eigenvalue weighted by Crippen LogP contribution is -1.91. The summed E-state index contributed by atoms with van der Waals surface area (Å²) in [5.41, 5.74) is 0.630. The van der Waals surface area contributed by atoms with Gasteiger partial charge in [0.2, 0.25) is 0 Å². The Morgan fingerprint density at radius 3 is 2.39 bits per heavy atom. The quantitative estimate of drug-likeness (QED) is 0.750. The van der Waals surface area contributed by atoms with E-state index in [9.17, 15) is 4.79 Å². The molecule has 0 fully saturated rings. The molecule has 2 aromatic rings. The van der Waals surface area contributed by atoms with Gasteiger partial charge in [0.25, 0.3) is 0 Å². The van der Waals surface area contributed by atoms with Crippen LogP contribution in [0.4, 0.5) is 0 Å². The van der Waals surface area contributed by atoms with E-state index in [0.29, 0.717) is 23.7 Å². The van der Waals surface area contributed by atoms with Crippen molar-refractivity contribution in [1.29, 1.82) is 0 Å². The second-order valence-corrected chi connectivity index (χ2v) is 3.70. The van der Waals surface area contributed by atoms with Crippen LogP contribution in [0.3, 0.4) is 0 Å². The number of carbonyl (C=O) groups is 1. The van der Waals surface area contributed by atoms with E-state index < -0.39 is 0 Å². The molecule has 0 saturated carbocycles. The molecule has 18 heavy (non-hydrogen) atoms. The Hall–Kier alpha value is -2.29. The van der Waals surface area contributed by atoms with Crippen LogP contribution in [0.2, 0.25) is 0 Å². The Bertz CT molecular complexity index is 518. The Balaban J connectivity index is 2.12. The molecule has 0 spiro atoms. The van der Waals surface area contributed by atoms with E-state index in [4.69, 9.17) is 9.47 Å². The Labute approximate surface area is 106 Å². The highest BCUT2D eigenvalue weighted by atomic mass is 16.5. The largest absolute Gasteiger partial charge is 0.494 e. The van der Waals surface area contributed by atoms with Gasteiger partial charge >= 0.3 is 0 Å². The van der Waals surface area contributed by atoms with E-state index in [2.05, 4.69) is 0 Å². The number of benzene rings is 2. The molecule has 2 rings (SSSR count). The van der Waals surface area contributed by atoms with Crippen LogP contribution < -0.4 is 9.47 Å². The third kappa shape index (κ3) is 3.10. The van der Waals surface area contributed by atoms with Gasteiger partial charge in [-0.15, -0.1) is 0 Å². The molecule has 0 unspecified atom stereocenters. The minimum atomic E-state index is 0.623. The van der Waals surface area contributed by atoms with Gasteiger partial charge in [0.15, 0.2) is 0 Å². The fourth-order valence-electron chi connectivity index (χ4n) is 1.54. The lowest BCUT2D eigenvalue weighted by molar-refractivity contribution is 0.112. The minimum absolute atomic E-state index is 0.623. The van der Waals surface area contributed by atoms with Crippen LogP contribution in [0.15, 0.2) is 48.5 Å². The topological polar surface area (TPSA) is 35.5 Å². The van der Waals surface area contributed by atoms with Gasteiger partial charge in [0.1, 0.15) is 23.5 Å². The molecule has 0 N–H and O–H groups in total. The van der Waals surface area contributed by atoms with Gasteiger partial charge in [-0.05, 0) is 43.3 Å². The van der Waals surface area contributed by atoms with Crippen molar-refractivity contribution in [2.75, 3.05) is 6.61 Å². The van der Waals surface area contributed by atoms with Crippen LogP contribution >= 0.6 is 0 Å². The van der Waals surface area contributed by atoms with Crippen molar-refractivity contribution < 1.29 is 14.3 Å². The first-order valence-corrected chi connectivity index (χ1v) is 5.78. The highest BCUT2D eigenvalue weighted by molar-refractivity contribution is 5.74. The van der Waals surface area contributed by atoms with E-state index in [1.54, 1.807) is 24.3 Å². The zero-order chi connectivity index (χ0) is 12.8. The molecule has 3 heteroatoms. The van der Waals surface area contributed by atoms with Crippen molar-refractivity contribution in [1.82, 2.24) is 0 Å². The summed E-state index contributed by atoms with van der Waals surface area (Å²) in [5.74, 6) is 2.17. The van der Waals surface area contributed by atoms with E-state index in [1.807, 2.05) is 31.2 Å². The Morgan fingerprint density at radius 2 is 1.72 bits per heavy atom. The molecule has 0 aromatic heterocycles. The molecular weight excluding hydrogens is 228 g/mol. The highest BCUT2D eigenvalue weighted by Crippen LogP contribution is 2.25. The fourth-order valence-corrected chi connectivity index (χ4v) is 1.54. The summed E-state index contributed by atoms with van der Waals surface area (Å²) < 4.78 is 11.1. The van der Waals surface area contributed by atoms with E-state index >= 15 is 0 Å². The average molecular weight is 242 g/mol. The van der Waals surface area contributed by atoms with Gasteiger partial charge in [-0.2, -0.15) is 0 Å². The smallest absolute Gasteiger partial charge is 0.150 e. The highest BCUT2D eigenvalue weighted by Gasteiger charge is 1.99. The third-order valence-electron chi connectivity index (χ3n) is 2.37. The minimum Gasteiger partial charge on any atom is -0.494 e. The summed E-state index contributed by atoms with van der Waals surface area (Å²) in [6.45, 7) is 2.56. The molecule has 0 aliphatic carbocycles. The molecule has 0 heterocycles. The fraction of sp³-hybridized carbons (Fsp3) is 0.133. The van der Waals surface area contributed by atoms with Gasteiger partial charge in [-0.1, -0.05) is 6.07 Å². The summed E-state index contributed by atoms with van der Waals surface area (Å²) in [5, 5.41) is 0. The maximum Gasteiger partial charge on any atom is 0.150 e. The van der Waals surface area contributed by atoms with Crippen molar-refractivity contribution in [2.45, 2.75) is 6.92 Å². The summed E-state index contributed by atoms with van der Waals surface area (Å²) in [7, 11) is 0. The van der Waals surface area contributed by atoms with Crippen molar-refractivity contribution >= 4 is 6.29 Å². The van der Waals surface area contributed by atoms with E-state index in [-0.39, 0.29) is 0 Å². The predicted molar refractivity (Wildman–Crippen MR) is 69.5 cm³/mol. The lowest BCUT2D eigenvalue weighted by atomic mass is 10.2. The molecule has 0 atom stereocenters. The second-order valence-electron chi connectivity index (χ2n) is 3.70. The molecule has 0 bridgehead atoms. The third-order valence-corrected chi connectivity index (χ3v) is 2.37. The van der Waals surface area contributed by atoms with E-state index in [1.165, 1.54) is 0 Å². The number of carbonyl (C=O) groups excluding carboxylic acids is 1. The normalized spacial score (nSPS) is 9.83. The summed E-state index contributed by atoms with van der Waals surface area (Å²) >= 11 is 0. The Kier molecular flexibility index (Phi) is 3.97. The lowest BCUT2D eigenvalue weighted by Gasteiger charge is -2.08. The molecule has 0 amide bonds. The number of rotatable bonds is 5. The van der Waals surface area contributed by atoms with Crippen molar-refractivity contribution in [2.24, 2.45) is 0 Å². The van der Waals surface area contributed by atoms with Crippen LogP contribution in [0.1, 0.15) is 17.3 Å². The maximum atomic E-state index is 10.5. The first kappa shape index (κ1) is 12.2. The van der Waals surface area contributed by atoms with Crippen LogP contribution in [0.25, 0.3) is 0 Å². The van der Waals surface area contributed by atoms with Crippen molar-refractivity contribution in [3.8, 4) is 17.2 Å². The van der Waals surface area contributed by atoms with Crippen LogP contribution in [-0.2, 0) is 0 Å². The standard InChI is InChI=1S/C15H14O3/c1-2-17-14-4-3-5-15(10-14)18-13-8-6-12(11-16)7-9-13/h3-11H,2H2,1H3. The van der Waals surface area contributed by atoms with Gasteiger partial charge in [0, 0.05) is 11.6 Å². The van der Waals surface area contributed by atoms with Crippen molar-refractivity contribution in [3.63, 3.8) is 0 Å². The first-order valence-electron chi connectivity index (χ1n) is 5.78. The predicted octanol–water partition coefficient (Wildman–Crippen LogP) is 3.69. The Morgan fingerprint density at radius 1 is 1.00 bits per heavy atom. The molecule has 0 aliphatic rings. The molecule has 0 aliphatic heterocycles. The zero-order valence-electron chi connectivity index (χ0n) is 10.1. The molecule has 0 radical (unpaired) electrons. The maximum absolute atomic E-state index is 10.5. The molecule has 92 valence electrons. The van der Waals surface area contributed by atoms with Gasteiger partial charge in [-0.25, -0.2) is 0 Å². The summed E-state index contributed by atoms with van der Waals surface area (Å²) in [6.07, 6.45) is 0.805. The number of hydrogen-bond acceptors (Lipinski definition) is 3. The second kappa shape index (κ2) is 5.87. The molecule has 3 nitrogen and oxygen atoms in total. The molecule has 2 aromatic carbocycles. The van der Waals surface area contributed by atoms with Crippen LogP contribution in [0, 0.1) is 0 Å². The summed E-state index contributed by atoms with van der Waals surface area (Å²) in [6, 6.07) is 14.4. The zero-order valence-corrected chi connectivity index (χ0v) is 10.1. The van der Waals surface area contributed by atoms with Crippen molar-refractivity contribution in [3.05, 3.63) is 54.1 Å². The number of ether oxygens (including phenoxy) is 2. The van der Waals surface area contributed by atoms with E-state index in [0.717, 1.165) is 12.0 Å². The van der Waals surface area contributed by atoms with Crippen LogP contribution in [0.5, 0.6) is 17.2 Å².